The fourth-order valence-corrected chi connectivity index (χ4v) is 4.41. The summed E-state index contributed by atoms with van der Waals surface area (Å²) in [4.78, 5) is 9.01. The summed E-state index contributed by atoms with van der Waals surface area (Å²) in [7, 11) is 1.69. The van der Waals surface area contributed by atoms with Crippen LogP contribution in [0.2, 0.25) is 0 Å². The number of aryl methyl sites for hydroxylation is 2. The van der Waals surface area contributed by atoms with E-state index in [4.69, 9.17) is 0 Å². The minimum atomic E-state index is 0.568. The fraction of sp³-hybridized carbons (Fsp3) is 0.400. The molecule has 1 N–H and O–H groups in total. The lowest BCUT2D eigenvalue weighted by Crippen LogP contribution is -2.11. The normalized spacial score (nSPS) is 12.9. The zero-order valence-electron chi connectivity index (χ0n) is 21.7. The van der Waals surface area contributed by atoms with Gasteiger partial charge in [0.05, 0.1) is 17.4 Å². The summed E-state index contributed by atoms with van der Waals surface area (Å²) < 4.78 is 0. The van der Waals surface area contributed by atoms with Crippen molar-refractivity contribution in [3.05, 3.63) is 83.7 Å². The molecule has 0 saturated carbocycles. The van der Waals surface area contributed by atoms with Crippen LogP contribution in [0, 0.1) is 5.92 Å². The van der Waals surface area contributed by atoms with E-state index in [0.717, 1.165) is 49.0 Å². The van der Waals surface area contributed by atoms with Gasteiger partial charge in [-0.15, -0.1) is 5.11 Å². The van der Waals surface area contributed by atoms with Gasteiger partial charge in [-0.3, -0.25) is 4.98 Å². The summed E-state index contributed by atoms with van der Waals surface area (Å²) in [5.41, 5.74) is 7.08. The standard InChI is InChI=1S/C30H39N5/c1-6-9-25(23(4)18-22(3)7-2)15-17-32-28-20-27(30(34-21-28)35-31-5)13-11-24-12-14-29-26(19-24)10-8-16-33-29/h8,10,12,14,16,18-21,25,32H,3,6-7,9,11,13,15,17H2,1-2,4-5H3/b23-18+,35-31?. The molecule has 1 aromatic carbocycles. The minimum Gasteiger partial charge on any atom is -0.384 e. The van der Waals surface area contributed by atoms with E-state index in [-0.39, 0.29) is 0 Å². The summed E-state index contributed by atoms with van der Waals surface area (Å²) in [5.74, 6) is 1.26. The van der Waals surface area contributed by atoms with E-state index in [0.29, 0.717) is 11.7 Å². The van der Waals surface area contributed by atoms with Crippen LogP contribution in [0.15, 0.2) is 82.8 Å². The van der Waals surface area contributed by atoms with Crippen LogP contribution in [0.4, 0.5) is 11.5 Å². The van der Waals surface area contributed by atoms with E-state index < -0.39 is 0 Å². The average molecular weight is 470 g/mol. The van der Waals surface area contributed by atoms with Gasteiger partial charge >= 0.3 is 0 Å². The van der Waals surface area contributed by atoms with Crippen LogP contribution in [0.25, 0.3) is 10.9 Å². The lowest BCUT2D eigenvalue weighted by atomic mass is 9.90. The number of aromatic nitrogens is 2. The topological polar surface area (TPSA) is 62.5 Å². The zero-order chi connectivity index (χ0) is 25.0. The molecule has 0 amide bonds. The minimum absolute atomic E-state index is 0.568. The number of anilines is 1. The van der Waals surface area contributed by atoms with Gasteiger partial charge in [0.15, 0.2) is 5.82 Å². The molecule has 5 heteroatoms. The van der Waals surface area contributed by atoms with Crippen LogP contribution in [0.3, 0.4) is 0 Å². The number of hydrogen-bond donors (Lipinski definition) is 1. The van der Waals surface area contributed by atoms with E-state index in [1.165, 1.54) is 34.9 Å². The maximum Gasteiger partial charge on any atom is 0.177 e. The molecule has 0 aliphatic carbocycles. The first-order valence-corrected chi connectivity index (χ1v) is 12.8. The van der Waals surface area contributed by atoms with Crippen molar-refractivity contribution in [2.45, 2.75) is 59.3 Å². The Labute approximate surface area is 210 Å². The SMILES string of the molecule is C=C(/C=C(\C)C(CCC)CCNc1cnc(N=NC)c(CCc2ccc3ncccc3c2)c1)CC. The van der Waals surface area contributed by atoms with Gasteiger partial charge < -0.3 is 5.32 Å². The molecule has 0 fully saturated rings. The summed E-state index contributed by atoms with van der Waals surface area (Å²) in [6, 6.07) is 12.7. The van der Waals surface area contributed by atoms with Crippen molar-refractivity contribution >= 4 is 22.4 Å². The Hall–Kier alpha value is -3.34. The van der Waals surface area contributed by atoms with Gasteiger partial charge in [0.25, 0.3) is 0 Å². The van der Waals surface area contributed by atoms with Crippen LogP contribution in [-0.2, 0) is 12.8 Å². The molecule has 0 radical (unpaired) electrons. The van der Waals surface area contributed by atoms with E-state index in [2.05, 4.69) is 89.3 Å². The zero-order valence-corrected chi connectivity index (χ0v) is 21.7. The fourth-order valence-electron chi connectivity index (χ4n) is 4.41. The van der Waals surface area contributed by atoms with Crippen molar-refractivity contribution in [2.75, 3.05) is 18.9 Å². The molecule has 3 rings (SSSR count). The number of hydrogen-bond acceptors (Lipinski definition) is 5. The smallest absolute Gasteiger partial charge is 0.177 e. The number of azo groups is 1. The first-order valence-electron chi connectivity index (χ1n) is 12.8. The maximum atomic E-state index is 4.59. The Kier molecular flexibility index (Phi) is 10.1. The summed E-state index contributed by atoms with van der Waals surface area (Å²) >= 11 is 0. The summed E-state index contributed by atoms with van der Waals surface area (Å²) in [6.45, 7) is 11.7. The van der Waals surface area contributed by atoms with Crippen LogP contribution < -0.4 is 5.32 Å². The predicted molar refractivity (Wildman–Crippen MR) is 149 cm³/mol. The highest BCUT2D eigenvalue weighted by molar-refractivity contribution is 5.78. The first-order chi connectivity index (χ1) is 17.0. The molecule has 35 heavy (non-hydrogen) atoms. The molecule has 2 aromatic heterocycles. The molecule has 0 saturated heterocycles. The Bertz CT molecular complexity index is 1180. The van der Waals surface area contributed by atoms with Crippen LogP contribution in [0.5, 0.6) is 0 Å². The highest BCUT2D eigenvalue weighted by atomic mass is 15.1. The van der Waals surface area contributed by atoms with Crippen molar-refractivity contribution in [3.8, 4) is 0 Å². The number of pyridine rings is 2. The molecule has 0 spiro atoms. The molecule has 0 aliphatic rings. The second-order valence-corrected chi connectivity index (χ2v) is 9.14. The number of rotatable bonds is 13. The second-order valence-electron chi connectivity index (χ2n) is 9.14. The van der Waals surface area contributed by atoms with Gasteiger partial charge in [-0.1, -0.05) is 56.2 Å². The number of allylic oxidation sites excluding steroid dienone is 3. The van der Waals surface area contributed by atoms with E-state index >= 15 is 0 Å². The molecule has 184 valence electrons. The molecular formula is C30H39N5. The number of fused-ring (bicyclic) bond motifs is 1. The first kappa shape index (κ1) is 26.3. The molecule has 3 aromatic rings. The number of nitrogens with zero attached hydrogens (tertiary/aromatic N) is 4. The molecule has 0 aliphatic heterocycles. The Morgan fingerprint density at radius 1 is 1.11 bits per heavy atom. The lowest BCUT2D eigenvalue weighted by Gasteiger charge is -2.18. The average Bonchev–Trinajstić information content (AvgIpc) is 2.87. The second kappa shape index (κ2) is 13.5. The van der Waals surface area contributed by atoms with Gasteiger partial charge in [-0.2, -0.15) is 5.11 Å². The molecule has 0 bridgehead atoms. The Balaban J connectivity index is 1.67. The molecule has 2 heterocycles. The van der Waals surface area contributed by atoms with E-state index in [1.807, 2.05) is 18.5 Å². The van der Waals surface area contributed by atoms with Crippen LogP contribution in [0.1, 0.15) is 57.6 Å². The number of nitrogens with one attached hydrogen (secondary N) is 1. The van der Waals surface area contributed by atoms with Gasteiger partial charge in [0, 0.05) is 30.7 Å². The third kappa shape index (κ3) is 7.84. The third-order valence-corrected chi connectivity index (χ3v) is 6.48. The highest BCUT2D eigenvalue weighted by Gasteiger charge is 2.11. The van der Waals surface area contributed by atoms with Crippen molar-refractivity contribution in [1.29, 1.82) is 0 Å². The maximum absolute atomic E-state index is 4.59. The summed E-state index contributed by atoms with van der Waals surface area (Å²) in [6.07, 6.45) is 12.2. The largest absolute Gasteiger partial charge is 0.384 e. The Morgan fingerprint density at radius 2 is 1.97 bits per heavy atom. The molecular weight excluding hydrogens is 430 g/mol. The monoisotopic (exact) mass is 469 g/mol. The lowest BCUT2D eigenvalue weighted by molar-refractivity contribution is 0.523. The van der Waals surface area contributed by atoms with Gasteiger partial charge in [0.1, 0.15) is 0 Å². The van der Waals surface area contributed by atoms with Crippen molar-refractivity contribution in [2.24, 2.45) is 16.1 Å². The Morgan fingerprint density at radius 3 is 2.74 bits per heavy atom. The van der Waals surface area contributed by atoms with Crippen LogP contribution >= 0.6 is 0 Å². The predicted octanol–water partition coefficient (Wildman–Crippen LogP) is 8.26. The van der Waals surface area contributed by atoms with Crippen molar-refractivity contribution in [3.63, 3.8) is 0 Å². The van der Waals surface area contributed by atoms with Crippen molar-refractivity contribution < 1.29 is 0 Å². The van der Waals surface area contributed by atoms with Crippen molar-refractivity contribution in [1.82, 2.24) is 9.97 Å². The van der Waals surface area contributed by atoms with E-state index in [9.17, 15) is 0 Å². The van der Waals surface area contributed by atoms with Gasteiger partial charge in [-0.05, 0) is 74.8 Å². The summed E-state index contributed by atoms with van der Waals surface area (Å²) in [5, 5.41) is 13.0. The van der Waals surface area contributed by atoms with Gasteiger partial charge in [0.2, 0.25) is 0 Å². The van der Waals surface area contributed by atoms with Gasteiger partial charge in [-0.25, -0.2) is 4.98 Å². The highest BCUT2D eigenvalue weighted by Crippen LogP contribution is 2.25. The van der Waals surface area contributed by atoms with Crippen LogP contribution in [-0.4, -0.2) is 23.6 Å². The molecule has 1 unspecified atom stereocenters. The molecule has 1 atom stereocenters. The molecule has 5 nitrogen and oxygen atoms in total. The van der Waals surface area contributed by atoms with E-state index in [1.54, 1.807) is 7.05 Å². The third-order valence-electron chi connectivity index (χ3n) is 6.48. The quantitative estimate of drug-likeness (QED) is 0.202. The number of benzene rings is 1.